The highest BCUT2D eigenvalue weighted by Crippen LogP contribution is 2.41. The number of methoxy groups -OCH3 is 2. The van der Waals surface area contributed by atoms with Crippen molar-refractivity contribution in [3.8, 4) is 11.5 Å². The molecule has 2 amide bonds. The van der Waals surface area contributed by atoms with Gasteiger partial charge in [0.05, 0.1) is 38.4 Å². The van der Waals surface area contributed by atoms with E-state index in [4.69, 9.17) is 30.5 Å². The predicted molar refractivity (Wildman–Crippen MR) is 120 cm³/mol. The molecule has 1 saturated heterocycles. The Labute approximate surface area is 194 Å². The number of halogens is 1. The number of ether oxygens (including phenoxy) is 4. The first-order chi connectivity index (χ1) is 15.1. The Kier molecular flexibility index (Phi) is 7.45. The van der Waals surface area contributed by atoms with Crippen LogP contribution in [0.5, 0.6) is 11.5 Å². The van der Waals surface area contributed by atoms with Crippen LogP contribution in [0.1, 0.15) is 52.1 Å². The normalized spacial score (nSPS) is 19.8. The summed E-state index contributed by atoms with van der Waals surface area (Å²) in [5, 5.41) is 0.418. The van der Waals surface area contributed by atoms with Crippen LogP contribution in [0.25, 0.3) is 0 Å². The zero-order valence-electron chi connectivity index (χ0n) is 19.6. The molecule has 1 aromatic carbocycles. The maximum Gasteiger partial charge on any atom is 0.410 e. The van der Waals surface area contributed by atoms with E-state index in [9.17, 15) is 9.59 Å². The zero-order valence-corrected chi connectivity index (χ0v) is 20.4. The summed E-state index contributed by atoms with van der Waals surface area (Å²) in [5.74, 6) is 0.826. The molecule has 0 aromatic heterocycles. The average molecular weight is 469 g/mol. The summed E-state index contributed by atoms with van der Waals surface area (Å²) < 4.78 is 22.0. The van der Waals surface area contributed by atoms with Crippen molar-refractivity contribution in [3.05, 3.63) is 22.7 Å². The van der Waals surface area contributed by atoms with Gasteiger partial charge in [-0.15, -0.1) is 0 Å². The molecule has 2 aliphatic rings. The third kappa shape index (κ3) is 5.59. The molecule has 2 atom stereocenters. The minimum atomic E-state index is -0.741. The van der Waals surface area contributed by atoms with E-state index in [0.717, 1.165) is 18.4 Å². The topological polar surface area (TPSA) is 77.5 Å². The summed E-state index contributed by atoms with van der Waals surface area (Å²) >= 11 is 6.40. The third-order valence-corrected chi connectivity index (χ3v) is 5.82. The van der Waals surface area contributed by atoms with Gasteiger partial charge in [-0.1, -0.05) is 11.6 Å². The zero-order chi connectivity index (χ0) is 23.6. The van der Waals surface area contributed by atoms with Crippen LogP contribution in [-0.4, -0.2) is 73.5 Å². The van der Waals surface area contributed by atoms with Crippen molar-refractivity contribution in [2.24, 2.45) is 0 Å². The minimum absolute atomic E-state index is 0.130. The highest BCUT2D eigenvalue weighted by atomic mass is 35.5. The van der Waals surface area contributed by atoms with E-state index < -0.39 is 17.8 Å². The number of carbonyl (C=O) groups excluding carboxylic acids is 2. The summed E-state index contributed by atoms with van der Waals surface area (Å²) in [6, 6.07) is 3.51. The van der Waals surface area contributed by atoms with Crippen molar-refractivity contribution in [2.45, 2.75) is 64.3 Å². The van der Waals surface area contributed by atoms with Gasteiger partial charge in [0, 0.05) is 12.6 Å². The fourth-order valence-electron chi connectivity index (χ4n) is 3.84. The van der Waals surface area contributed by atoms with Gasteiger partial charge in [-0.25, -0.2) is 4.79 Å². The standard InChI is InChI=1S/C23H33ClN2O6/c1-14(15-11-17(24)20(30-6)18(12-15)29-5)26(16-7-8-16)21(27)19-13-25(9-10-31-19)22(28)32-23(2,3)4/h11-12,14,16,19H,7-10,13H2,1-6H3/t14?,19-/m1/s1. The van der Waals surface area contributed by atoms with Crippen molar-refractivity contribution in [3.63, 3.8) is 0 Å². The lowest BCUT2D eigenvalue weighted by molar-refractivity contribution is -0.151. The van der Waals surface area contributed by atoms with Crippen LogP contribution in [0.3, 0.4) is 0 Å². The molecular formula is C23H33ClN2O6. The molecule has 32 heavy (non-hydrogen) atoms. The quantitative estimate of drug-likeness (QED) is 0.627. The molecule has 2 fully saturated rings. The molecule has 0 radical (unpaired) electrons. The van der Waals surface area contributed by atoms with Crippen molar-refractivity contribution in [1.82, 2.24) is 9.80 Å². The number of morpholine rings is 1. The summed E-state index contributed by atoms with van der Waals surface area (Å²) in [6.45, 7) is 8.25. The Morgan fingerprint density at radius 3 is 2.47 bits per heavy atom. The Balaban J connectivity index is 1.79. The molecule has 1 aliphatic carbocycles. The molecule has 1 saturated carbocycles. The van der Waals surface area contributed by atoms with Crippen LogP contribution in [-0.2, 0) is 14.3 Å². The summed E-state index contributed by atoms with van der Waals surface area (Å²) in [6.07, 6.45) is 0.686. The van der Waals surface area contributed by atoms with Gasteiger partial charge in [0.15, 0.2) is 17.6 Å². The molecule has 3 rings (SSSR count). The van der Waals surface area contributed by atoms with Crippen molar-refractivity contribution in [1.29, 1.82) is 0 Å². The summed E-state index contributed by atoms with van der Waals surface area (Å²) in [7, 11) is 3.08. The van der Waals surface area contributed by atoms with E-state index in [1.165, 1.54) is 7.11 Å². The highest BCUT2D eigenvalue weighted by molar-refractivity contribution is 6.32. The lowest BCUT2D eigenvalue weighted by Crippen LogP contribution is -2.54. The van der Waals surface area contributed by atoms with Crippen LogP contribution >= 0.6 is 11.6 Å². The highest BCUT2D eigenvalue weighted by Gasteiger charge is 2.42. The number of amides is 2. The maximum atomic E-state index is 13.5. The second-order valence-electron chi connectivity index (χ2n) is 9.18. The van der Waals surface area contributed by atoms with Gasteiger partial charge in [-0.05, 0) is 58.2 Å². The van der Waals surface area contributed by atoms with Crippen LogP contribution < -0.4 is 9.47 Å². The van der Waals surface area contributed by atoms with Gasteiger partial charge < -0.3 is 28.7 Å². The van der Waals surface area contributed by atoms with Gasteiger partial charge in [0.2, 0.25) is 0 Å². The Morgan fingerprint density at radius 1 is 1.22 bits per heavy atom. The van der Waals surface area contributed by atoms with E-state index in [0.29, 0.717) is 23.1 Å². The SMILES string of the molecule is COc1cc(C(C)N(C(=O)[C@H]2CN(C(=O)OC(C)(C)C)CCO2)C2CC2)cc(Cl)c1OC. The maximum absolute atomic E-state index is 13.5. The van der Waals surface area contributed by atoms with Crippen LogP contribution in [0.4, 0.5) is 4.79 Å². The van der Waals surface area contributed by atoms with Crippen LogP contribution in [0.2, 0.25) is 5.02 Å². The molecule has 0 bridgehead atoms. The van der Waals surface area contributed by atoms with Crippen LogP contribution in [0.15, 0.2) is 12.1 Å². The predicted octanol–water partition coefficient (Wildman–Crippen LogP) is 4.05. The van der Waals surface area contributed by atoms with Gasteiger partial charge in [0.25, 0.3) is 5.91 Å². The second kappa shape index (κ2) is 9.75. The average Bonchev–Trinajstić information content (AvgIpc) is 3.57. The van der Waals surface area contributed by atoms with E-state index in [1.807, 2.05) is 38.7 Å². The molecular weight excluding hydrogens is 436 g/mol. The van der Waals surface area contributed by atoms with Gasteiger partial charge in [-0.3, -0.25) is 4.79 Å². The fourth-order valence-corrected chi connectivity index (χ4v) is 4.13. The summed E-state index contributed by atoms with van der Waals surface area (Å²) in [4.78, 5) is 29.4. The number of nitrogens with zero attached hydrogens (tertiary/aromatic N) is 2. The lowest BCUT2D eigenvalue weighted by Gasteiger charge is -2.38. The van der Waals surface area contributed by atoms with Gasteiger partial charge >= 0.3 is 6.09 Å². The van der Waals surface area contributed by atoms with Crippen molar-refractivity contribution in [2.75, 3.05) is 33.9 Å². The number of hydrogen-bond donors (Lipinski definition) is 0. The molecule has 9 heteroatoms. The number of benzene rings is 1. The van der Waals surface area contributed by atoms with E-state index >= 15 is 0 Å². The molecule has 0 N–H and O–H groups in total. The largest absolute Gasteiger partial charge is 0.493 e. The molecule has 178 valence electrons. The first kappa shape index (κ1) is 24.5. The van der Waals surface area contributed by atoms with E-state index in [2.05, 4.69) is 0 Å². The van der Waals surface area contributed by atoms with Gasteiger partial charge in [0.1, 0.15) is 5.60 Å². The number of rotatable bonds is 6. The molecule has 1 aromatic rings. The first-order valence-corrected chi connectivity index (χ1v) is 11.3. The molecule has 1 unspecified atom stereocenters. The van der Waals surface area contributed by atoms with Crippen molar-refractivity contribution >= 4 is 23.6 Å². The Hall–Kier alpha value is -2.19. The number of carbonyl (C=O) groups is 2. The van der Waals surface area contributed by atoms with Crippen LogP contribution in [0, 0.1) is 0 Å². The molecule has 8 nitrogen and oxygen atoms in total. The third-order valence-electron chi connectivity index (χ3n) is 5.54. The smallest absolute Gasteiger partial charge is 0.410 e. The monoisotopic (exact) mass is 468 g/mol. The Bertz CT molecular complexity index is 852. The lowest BCUT2D eigenvalue weighted by atomic mass is 10.0. The number of hydrogen-bond acceptors (Lipinski definition) is 6. The molecule has 1 heterocycles. The first-order valence-electron chi connectivity index (χ1n) is 10.9. The minimum Gasteiger partial charge on any atom is -0.493 e. The van der Waals surface area contributed by atoms with E-state index in [-0.39, 0.29) is 31.1 Å². The molecule has 0 spiro atoms. The Morgan fingerprint density at radius 2 is 1.91 bits per heavy atom. The fraction of sp³-hybridized carbons (Fsp3) is 0.652. The van der Waals surface area contributed by atoms with Gasteiger partial charge in [-0.2, -0.15) is 0 Å². The summed E-state index contributed by atoms with van der Waals surface area (Å²) in [5.41, 5.74) is 0.239. The second-order valence-corrected chi connectivity index (χ2v) is 9.58. The van der Waals surface area contributed by atoms with E-state index in [1.54, 1.807) is 18.1 Å². The van der Waals surface area contributed by atoms with Crippen molar-refractivity contribution < 1.29 is 28.5 Å². The molecule has 1 aliphatic heterocycles.